The third kappa shape index (κ3) is 3.89. The SMILES string of the molecule is C1=C\SCCOCCS/1. The molecule has 0 aliphatic carbocycles. The van der Waals surface area contributed by atoms with E-state index in [1.54, 1.807) is 0 Å². The number of hydrogen-bond acceptors (Lipinski definition) is 3. The zero-order valence-corrected chi connectivity index (χ0v) is 6.84. The van der Waals surface area contributed by atoms with E-state index in [2.05, 4.69) is 10.8 Å². The molecule has 9 heavy (non-hydrogen) atoms. The van der Waals surface area contributed by atoms with Crippen LogP contribution in [0.15, 0.2) is 10.8 Å². The minimum Gasteiger partial charge on any atom is -0.380 e. The fourth-order valence-corrected chi connectivity index (χ4v) is 1.86. The van der Waals surface area contributed by atoms with Crippen LogP contribution in [-0.2, 0) is 4.74 Å². The Kier molecular flexibility index (Phi) is 4.34. The molecule has 0 fully saturated rings. The van der Waals surface area contributed by atoms with Gasteiger partial charge < -0.3 is 4.74 Å². The molecule has 0 aromatic carbocycles. The lowest BCUT2D eigenvalue weighted by molar-refractivity contribution is 0.167. The van der Waals surface area contributed by atoms with Gasteiger partial charge >= 0.3 is 0 Å². The van der Waals surface area contributed by atoms with Crippen molar-refractivity contribution in [2.24, 2.45) is 0 Å². The van der Waals surface area contributed by atoms with E-state index in [0.29, 0.717) is 0 Å². The van der Waals surface area contributed by atoms with E-state index in [0.717, 1.165) is 24.7 Å². The molecule has 1 aliphatic heterocycles. The first-order chi connectivity index (χ1) is 4.50. The van der Waals surface area contributed by atoms with Crippen LogP contribution in [0, 0.1) is 0 Å². The largest absolute Gasteiger partial charge is 0.380 e. The number of rotatable bonds is 0. The molecule has 0 aromatic heterocycles. The Morgan fingerprint density at radius 1 is 1.00 bits per heavy atom. The molecule has 0 bridgehead atoms. The molecule has 0 unspecified atom stereocenters. The van der Waals surface area contributed by atoms with Crippen molar-refractivity contribution in [3.05, 3.63) is 10.8 Å². The van der Waals surface area contributed by atoms with Crippen LogP contribution in [0.1, 0.15) is 0 Å². The summed E-state index contributed by atoms with van der Waals surface area (Å²) in [5, 5.41) is 4.28. The summed E-state index contributed by atoms with van der Waals surface area (Å²) in [5.41, 5.74) is 0. The van der Waals surface area contributed by atoms with Gasteiger partial charge in [-0.2, -0.15) is 0 Å². The molecule has 0 spiro atoms. The van der Waals surface area contributed by atoms with Crippen LogP contribution in [0.5, 0.6) is 0 Å². The van der Waals surface area contributed by atoms with Gasteiger partial charge in [-0.05, 0) is 10.8 Å². The summed E-state index contributed by atoms with van der Waals surface area (Å²) in [7, 11) is 0. The molecule has 0 aromatic rings. The van der Waals surface area contributed by atoms with Gasteiger partial charge in [-0.1, -0.05) is 0 Å². The van der Waals surface area contributed by atoms with Crippen molar-refractivity contribution in [2.75, 3.05) is 24.7 Å². The minimum atomic E-state index is 0.898. The van der Waals surface area contributed by atoms with Crippen LogP contribution in [0.25, 0.3) is 0 Å². The average molecular weight is 162 g/mol. The molecule has 0 saturated carbocycles. The standard InChI is InChI=1S/C6H10OS2/c1-3-8-5-6-9-4-2-7-1/h5-6H,1-4H2/b6-5-. The lowest BCUT2D eigenvalue weighted by Crippen LogP contribution is -1.99. The van der Waals surface area contributed by atoms with Gasteiger partial charge in [0.2, 0.25) is 0 Å². The first-order valence-electron chi connectivity index (χ1n) is 2.96. The maximum Gasteiger partial charge on any atom is 0.0560 e. The van der Waals surface area contributed by atoms with Gasteiger partial charge in [0.1, 0.15) is 0 Å². The summed E-state index contributed by atoms with van der Waals surface area (Å²) < 4.78 is 5.27. The van der Waals surface area contributed by atoms with Gasteiger partial charge in [0, 0.05) is 11.5 Å². The van der Waals surface area contributed by atoms with Crippen LogP contribution in [0.4, 0.5) is 0 Å². The van der Waals surface area contributed by atoms with Gasteiger partial charge in [-0.15, -0.1) is 23.5 Å². The molecule has 0 saturated heterocycles. The summed E-state index contributed by atoms with van der Waals surface area (Å²) >= 11 is 3.63. The molecular weight excluding hydrogens is 152 g/mol. The van der Waals surface area contributed by atoms with Gasteiger partial charge in [0.05, 0.1) is 13.2 Å². The Hall–Kier alpha value is 0.400. The number of ether oxygens (including phenoxy) is 1. The lowest BCUT2D eigenvalue weighted by atomic mass is 10.8. The van der Waals surface area contributed by atoms with Crippen molar-refractivity contribution in [1.29, 1.82) is 0 Å². The van der Waals surface area contributed by atoms with E-state index in [1.807, 2.05) is 23.5 Å². The van der Waals surface area contributed by atoms with Gasteiger partial charge in [-0.25, -0.2) is 0 Å². The second-order valence-electron chi connectivity index (χ2n) is 1.63. The third-order valence-electron chi connectivity index (χ3n) is 0.939. The Morgan fingerprint density at radius 2 is 1.56 bits per heavy atom. The van der Waals surface area contributed by atoms with Crippen LogP contribution < -0.4 is 0 Å². The molecular formula is C6H10OS2. The molecule has 3 heteroatoms. The van der Waals surface area contributed by atoms with Crippen molar-refractivity contribution in [2.45, 2.75) is 0 Å². The fraction of sp³-hybridized carbons (Fsp3) is 0.667. The molecule has 0 N–H and O–H groups in total. The maximum atomic E-state index is 5.27. The zero-order chi connectivity index (χ0) is 6.36. The molecule has 0 radical (unpaired) electrons. The Morgan fingerprint density at radius 3 is 2.11 bits per heavy atom. The van der Waals surface area contributed by atoms with E-state index >= 15 is 0 Å². The second kappa shape index (κ2) is 5.21. The first-order valence-corrected chi connectivity index (χ1v) is 5.06. The molecule has 52 valence electrons. The van der Waals surface area contributed by atoms with Crippen LogP contribution in [-0.4, -0.2) is 24.7 Å². The van der Waals surface area contributed by atoms with Crippen molar-refractivity contribution < 1.29 is 4.74 Å². The third-order valence-corrected chi connectivity index (χ3v) is 2.57. The van der Waals surface area contributed by atoms with Crippen molar-refractivity contribution in [3.63, 3.8) is 0 Å². The number of hydrogen-bond donors (Lipinski definition) is 0. The second-order valence-corrected chi connectivity index (χ2v) is 3.65. The lowest BCUT2D eigenvalue weighted by Gasteiger charge is -1.97. The summed E-state index contributed by atoms with van der Waals surface area (Å²) in [6, 6.07) is 0. The summed E-state index contributed by atoms with van der Waals surface area (Å²) in [6.45, 7) is 1.80. The maximum absolute atomic E-state index is 5.27. The van der Waals surface area contributed by atoms with Crippen molar-refractivity contribution >= 4 is 23.5 Å². The summed E-state index contributed by atoms with van der Waals surface area (Å²) in [4.78, 5) is 0. The fourth-order valence-electron chi connectivity index (χ4n) is 0.531. The van der Waals surface area contributed by atoms with Crippen LogP contribution in [0.3, 0.4) is 0 Å². The first kappa shape index (κ1) is 7.51. The van der Waals surface area contributed by atoms with Crippen molar-refractivity contribution in [3.8, 4) is 0 Å². The minimum absolute atomic E-state index is 0.898. The molecule has 1 aliphatic rings. The zero-order valence-electron chi connectivity index (χ0n) is 5.21. The normalized spacial score (nSPS) is 25.8. The highest BCUT2D eigenvalue weighted by molar-refractivity contribution is 8.05. The van der Waals surface area contributed by atoms with Crippen LogP contribution >= 0.6 is 23.5 Å². The number of thioether (sulfide) groups is 2. The van der Waals surface area contributed by atoms with E-state index in [-0.39, 0.29) is 0 Å². The highest BCUT2D eigenvalue weighted by Crippen LogP contribution is 2.10. The highest BCUT2D eigenvalue weighted by atomic mass is 32.2. The van der Waals surface area contributed by atoms with E-state index in [9.17, 15) is 0 Å². The molecule has 1 nitrogen and oxygen atoms in total. The van der Waals surface area contributed by atoms with E-state index < -0.39 is 0 Å². The van der Waals surface area contributed by atoms with Gasteiger partial charge in [0.25, 0.3) is 0 Å². The van der Waals surface area contributed by atoms with Gasteiger partial charge in [0.15, 0.2) is 0 Å². The predicted octanol–water partition coefficient (Wildman–Crippen LogP) is 1.95. The van der Waals surface area contributed by atoms with E-state index in [4.69, 9.17) is 4.74 Å². The Balaban J connectivity index is 2.15. The van der Waals surface area contributed by atoms with Crippen LogP contribution in [0.2, 0.25) is 0 Å². The summed E-state index contributed by atoms with van der Waals surface area (Å²) in [6.07, 6.45) is 0. The average Bonchev–Trinajstić information content (AvgIpc) is 2.00. The predicted molar refractivity (Wildman–Crippen MR) is 44.9 cm³/mol. The molecule has 0 amide bonds. The Bertz CT molecular complexity index is 83.1. The van der Waals surface area contributed by atoms with Gasteiger partial charge in [-0.3, -0.25) is 0 Å². The molecule has 0 atom stereocenters. The quantitative estimate of drug-likeness (QED) is 0.539. The smallest absolute Gasteiger partial charge is 0.0560 e. The topological polar surface area (TPSA) is 9.23 Å². The Labute approximate surface area is 64.2 Å². The van der Waals surface area contributed by atoms with Crippen molar-refractivity contribution in [1.82, 2.24) is 0 Å². The summed E-state index contributed by atoms with van der Waals surface area (Å²) in [5.74, 6) is 2.19. The molecule has 1 heterocycles. The van der Waals surface area contributed by atoms with E-state index in [1.165, 1.54) is 0 Å². The highest BCUT2D eigenvalue weighted by Gasteiger charge is 1.90. The monoisotopic (exact) mass is 162 g/mol. The molecule has 1 rings (SSSR count).